The first kappa shape index (κ1) is 22.3. The van der Waals surface area contributed by atoms with Crippen molar-refractivity contribution in [2.75, 3.05) is 0 Å². The van der Waals surface area contributed by atoms with Crippen LogP contribution in [-0.2, 0) is 19.2 Å². The number of benzene rings is 1. The van der Waals surface area contributed by atoms with Crippen LogP contribution in [0, 0.1) is 29.6 Å². The first-order valence-electron chi connectivity index (χ1n) is 10.3. The summed E-state index contributed by atoms with van der Waals surface area (Å²) < 4.78 is 42.3. The van der Waals surface area contributed by atoms with Gasteiger partial charge in [-0.15, -0.1) is 13.2 Å². The van der Waals surface area contributed by atoms with E-state index in [0.717, 1.165) is 18.2 Å². The van der Waals surface area contributed by atoms with Crippen molar-refractivity contribution in [2.45, 2.75) is 25.1 Å². The maximum Gasteiger partial charge on any atom is 0.573 e. The highest BCUT2D eigenvalue weighted by Gasteiger charge is 2.62. The molecule has 0 bridgehead atoms. The van der Waals surface area contributed by atoms with Crippen molar-refractivity contribution in [2.24, 2.45) is 29.6 Å². The summed E-state index contributed by atoms with van der Waals surface area (Å²) in [6.45, 7) is 0. The first-order valence-corrected chi connectivity index (χ1v) is 10.3. The summed E-state index contributed by atoms with van der Waals surface area (Å²) >= 11 is 0. The van der Waals surface area contributed by atoms with Crippen molar-refractivity contribution in [3.05, 3.63) is 35.4 Å². The fraction of sp³-hybridized carbons (Fsp3) is 0.429. The van der Waals surface area contributed by atoms with Crippen LogP contribution in [0.3, 0.4) is 0 Å². The van der Waals surface area contributed by atoms with Gasteiger partial charge in [-0.2, -0.15) is 10.1 Å². The molecule has 1 aromatic rings. The van der Waals surface area contributed by atoms with E-state index >= 15 is 0 Å². The van der Waals surface area contributed by atoms with Crippen LogP contribution in [0.25, 0.3) is 0 Å². The van der Waals surface area contributed by atoms with E-state index in [4.69, 9.17) is 0 Å². The number of rotatable bonds is 2. The minimum absolute atomic E-state index is 0.00347. The van der Waals surface area contributed by atoms with Gasteiger partial charge in [-0.25, -0.2) is 0 Å². The zero-order valence-electron chi connectivity index (χ0n) is 17.1. The highest BCUT2D eigenvalue weighted by molar-refractivity contribution is 6.06. The Balaban J connectivity index is 1.66. The van der Waals surface area contributed by atoms with Gasteiger partial charge in [0.05, 0.1) is 23.7 Å². The van der Waals surface area contributed by atoms with E-state index < -0.39 is 77.0 Å². The van der Waals surface area contributed by atoms with Crippen LogP contribution in [0.2, 0.25) is 0 Å². The number of carbonyl (C=O) groups excluding carboxylic acids is 4. The van der Waals surface area contributed by atoms with E-state index in [1.807, 2.05) is 0 Å². The van der Waals surface area contributed by atoms with Gasteiger partial charge in [0.1, 0.15) is 11.5 Å². The Bertz CT molecular complexity index is 1170. The fourth-order valence-electron chi connectivity index (χ4n) is 5.88. The van der Waals surface area contributed by atoms with E-state index in [9.17, 15) is 47.9 Å². The molecule has 4 aliphatic rings. The number of hydroxylamine groups is 4. The molecular formula is C21H17F3N2O8. The summed E-state index contributed by atoms with van der Waals surface area (Å²) in [7, 11) is 0. The van der Waals surface area contributed by atoms with Crippen LogP contribution >= 0.6 is 0 Å². The monoisotopic (exact) mass is 482 g/mol. The molecule has 3 fully saturated rings. The van der Waals surface area contributed by atoms with E-state index in [0.29, 0.717) is 5.57 Å². The van der Waals surface area contributed by atoms with E-state index in [-0.39, 0.29) is 28.5 Å². The van der Waals surface area contributed by atoms with Gasteiger partial charge in [0.25, 0.3) is 23.6 Å². The predicted molar refractivity (Wildman–Crippen MR) is 99.6 cm³/mol. The third kappa shape index (κ3) is 3.10. The quantitative estimate of drug-likeness (QED) is 0.328. The molecule has 2 saturated heterocycles. The smallest absolute Gasteiger partial charge is 0.508 e. The molecule has 0 aromatic heterocycles. The molecule has 0 unspecified atom stereocenters. The maximum absolute atomic E-state index is 12.8. The minimum atomic E-state index is -5.04. The van der Waals surface area contributed by atoms with Crippen LogP contribution in [0.15, 0.2) is 29.8 Å². The second-order valence-electron chi connectivity index (χ2n) is 8.77. The van der Waals surface area contributed by atoms with Crippen molar-refractivity contribution in [3.8, 4) is 11.5 Å². The third-order valence-corrected chi connectivity index (χ3v) is 7.17. The molecule has 13 heteroatoms. The summed E-state index contributed by atoms with van der Waals surface area (Å²) in [6, 6.07) is 2.70. The van der Waals surface area contributed by atoms with Gasteiger partial charge < -0.3 is 9.84 Å². The van der Waals surface area contributed by atoms with Crippen molar-refractivity contribution in [1.29, 1.82) is 0 Å². The number of halogens is 3. The second-order valence-corrected chi connectivity index (χ2v) is 8.77. The molecule has 3 N–H and O–H groups in total. The number of alkyl halides is 3. The molecule has 6 atom stereocenters. The Morgan fingerprint density at radius 3 is 2.15 bits per heavy atom. The van der Waals surface area contributed by atoms with Crippen molar-refractivity contribution < 1.29 is 52.6 Å². The van der Waals surface area contributed by atoms with Crippen molar-refractivity contribution in [1.82, 2.24) is 10.1 Å². The summed E-state index contributed by atoms with van der Waals surface area (Å²) in [4.78, 5) is 50.4. The van der Waals surface area contributed by atoms with Gasteiger partial charge in [-0.1, -0.05) is 11.6 Å². The number of fused-ring (bicyclic) bond motifs is 4. The molecule has 0 spiro atoms. The number of phenols is 1. The van der Waals surface area contributed by atoms with Crippen LogP contribution in [0.1, 0.15) is 24.3 Å². The molecule has 1 aromatic carbocycles. The standard InChI is InChI=1S/C21H17F3N2O8/c22-21(23,24)34-7-1-4-13(27)11(5-7)14-8-2-3-9-15(19(30)25(32)17(9)28)10(8)6-12-16(14)20(31)26(33)18(12)29/h1-2,4-5,9-10,12,14-16,27,32-33H,3,6H2/t9-,10+,12+,14+,15-,16+/m0/s1. The van der Waals surface area contributed by atoms with Crippen molar-refractivity contribution in [3.63, 3.8) is 0 Å². The fourth-order valence-corrected chi connectivity index (χ4v) is 5.88. The molecule has 34 heavy (non-hydrogen) atoms. The number of hydrogen-bond donors (Lipinski definition) is 3. The number of ether oxygens (including phenoxy) is 1. The number of phenolic OH excluding ortho intramolecular Hbond substituents is 1. The number of amides is 4. The molecule has 2 heterocycles. The van der Waals surface area contributed by atoms with Gasteiger partial charge in [0.2, 0.25) is 0 Å². The van der Waals surface area contributed by atoms with Gasteiger partial charge in [-0.3, -0.25) is 29.6 Å². The molecule has 5 rings (SSSR count). The van der Waals surface area contributed by atoms with Crippen LogP contribution in [0.5, 0.6) is 11.5 Å². The largest absolute Gasteiger partial charge is 0.573 e. The van der Waals surface area contributed by atoms with Gasteiger partial charge in [0, 0.05) is 11.5 Å². The molecule has 4 amide bonds. The second kappa shape index (κ2) is 7.27. The number of carbonyl (C=O) groups is 4. The Hall–Kier alpha value is -3.45. The topological polar surface area (TPSA) is 145 Å². The number of hydrogen-bond acceptors (Lipinski definition) is 8. The van der Waals surface area contributed by atoms with Crippen LogP contribution < -0.4 is 4.74 Å². The van der Waals surface area contributed by atoms with E-state index in [1.54, 1.807) is 6.08 Å². The van der Waals surface area contributed by atoms with Gasteiger partial charge in [-0.05, 0) is 37.0 Å². The number of nitrogens with zero attached hydrogens (tertiary/aromatic N) is 2. The predicted octanol–water partition coefficient (Wildman–Crippen LogP) is 1.71. The average molecular weight is 482 g/mol. The SMILES string of the molecule is O=C1[C@H]2[C@H](CC=C3[C@H]2C[C@H]2C(=O)N(O)C(=O)[C@H]2[C@H]3c2cc(OC(F)(F)F)ccc2O)C(=O)N1O. The van der Waals surface area contributed by atoms with E-state index in [1.165, 1.54) is 0 Å². The molecule has 10 nitrogen and oxygen atoms in total. The summed E-state index contributed by atoms with van der Waals surface area (Å²) in [5.74, 6) is -11.3. The number of allylic oxidation sites excluding steroid dienone is 2. The first-order chi connectivity index (χ1) is 15.9. The van der Waals surface area contributed by atoms with Gasteiger partial charge >= 0.3 is 6.36 Å². The minimum Gasteiger partial charge on any atom is -0.508 e. The molecule has 0 radical (unpaired) electrons. The highest BCUT2D eigenvalue weighted by Crippen LogP contribution is 2.58. The maximum atomic E-state index is 12.8. The lowest BCUT2D eigenvalue weighted by Crippen LogP contribution is -2.43. The molecule has 180 valence electrons. The lowest BCUT2D eigenvalue weighted by molar-refractivity contribution is -0.274. The molecular weight excluding hydrogens is 465 g/mol. The third-order valence-electron chi connectivity index (χ3n) is 7.17. The Labute approximate surface area is 188 Å². The summed E-state index contributed by atoms with van der Waals surface area (Å²) in [6.07, 6.45) is -3.60. The van der Waals surface area contributed by atoms with Crippen LogP contribution in [-0.4, -0.2) is 55.6 Å². The lowest BCUT2D eigenvalue weighted by atomic mass is 9.57. The lowest BCUT2D eigenvalue weighted by Gasteiger charge is -2.43. The Morgan fingerprint density at radius 2 is 1.50 bits per heavy atom. The highest BCUT2D eigenvalue weighted by atomic mass is 19.4. The zero-order chi connectivity index (χ0) is 24.7. The van der Waals surface area contributed by atoms with Crippen molar-refractivity contribution >= 4 is 23.6 Å². The molecule has 1 saturated carbocycles. The Morgan fingerprint density at radius 1 is 0.882 bits per heavy atom. The van der Waals surface area contributed by atoms with Gasteiger partial charge in [0.15, 0.2) is 0 Å². The summed E-state index contributed by atoms with van der Waals surface area (Å²) in [5, 5.41) is 30.3. The number of imide groups is 2. The summed E-state index contributed by atoms with van der Waals surface area (Å²) in [5.41, 5.74) is 0.190. The zero-order valence-corrected chi connectivity index (χ0v) is 17.1. The van der Waals surface area contributed by atoms with Crippen LogP contribution in [0.4, 0.5) is 13.2 Å². The average Bonchev–Trinajstić information content (AvgIpc) is 3.13. The van der Waals surface area contributed by atoms with E-state index in [2.05, 4.69) is 4.74 Å². The number of aromatic hydroxyl groups is 1. The molecule has 2 aliphatic carbocycles. The Kier molecular flexibility index (Phi) is 4.78. The molecule has 2 aliphatic heterocycles. The normalized spacial score (nSPS) is 33.0.